The van der Waals surface area contributed by atoms with Crippen molar-refractivity contribution in [3.63, 3.8) is 0 Å². The summed E-state index contributed by atoms with van der Waals surface area (Å²) in [6.07, 6.45) is 9.82. The number of piperidine rings is 1. The normalized spacial score (nSPS) is 24.0. The van der Waals surface area contributed by atoms with Crippen LogP contribution >= 0.6 is 0 Å². The second-order valence-electron chi connectivity index (χ2n) is 7.42. The van der Waals surface area contributed by atoms with Crippen LogP contribution in [-0.2, 0) is 6.54 Å². The zero-order valence-electron chi connectivity index (χ0n) is 14.6. The minimum absolute atomic E-state index is 0.0288. The van der Waals surface area contributed by atoms with Gasteiger partial charge < -0.3 is 9.67 Å². The second kappa shape index (κ2) is 7.08. The van der Waals surface area contributed by atoms with Gasteiger partial charge in [0.15, 0.2) is 5.75 Å². The summed E-state index contributed by atoms with van der Waals surface area (Å²) in [7, 11) is 0. The summed E-state index contributed by atoms with van der Waals surface area (Å²) in [5.41, 5.74) is 1.62. The molecular formula is C19H30N2O2. The first-order valence-electron chi connectivity index (χ1n) is 9.26. The van der Waals surface area contributed by atoms with Gasteiger partial charge in [-0.25, -0.2) is 0 Å². The highest BCUT2D eigenvalue weighted by Crippen LogP contribution is 2.33. The number of rotatable bonds is 3. The Morgan fingerprint density at radius 1 is 1.13 bits per heavy atom. The van der Waals surface area contributed by atoms with Crippen molar-refractivity contribution in [3.8, 4) is 5.75 Å². The Morgan fingerprint density at radius 3 is 2.52 bits per heavy atom. The van der Waals surface area contributed by atoms with Crippen molar-refractivity contribution in [2.75, 3.05) is 6.54 Å². The molecule has 0 bridgehead atoms. The molecule has 1 aromatic rings. The highest BCUT2D eigenvalue weighted by atomic mass is 16.3. The first-order valence-corrected chi connectivity index (χ1v) is 9.26. The Hall–Kier alpha value is -1.29. The van der Waals surface area contributed by atoms with E-state index in [-0.39, 0.29) is 11.2 Å². The van der Waals surface area contributed by atoms with E-state index in [1.54, 1.807) is 6.07 Å². The summed E-state index contributed by atoms with van der Waals surface area (Å²) >= 11 is 0. The van der Waals surface area contributed by atoms with Gasteiger partial charge in [0.1, 0.15) is 0 Å². The zero-order valence-corrected chi connectivity index (χ0v) is 14.6. The Morgan fingerprint density at radius 2 is 1.83 bits per heavy atom. The van der Waals surface area contributed by atoms with E-state index in [1.807, 2.05) is 6.92 Å². The van der Waals surface area contributed by atoms with Crippen LogP contribution in [-0.4, -0.2) is 27.2 Å². The molecule has 23 heavy (non-hydrogen) atoms. The van der Waals surface area contributed by atoms with Crippen LogP contribution in [0.15, 0.2) is 10.9 Å². The second-order valence-corrected chi connectivity index (χ2v) is 7.42. The zero-order chi connectivity index (χ0) is 16.4. The number of aromatic nitrogens is 1. The summed E-state index contributed by atoms with van der Waals surface area (Å²) in [5.74, 6) is -0.0288. The number of aromatic hydroxyl groups is 1. The molecule has 1 unspecified atom stereocenters. The summed E-state index contributed by atoms with van der Waals surface area (Å²) in [6, 6.07) is 2.57. The first-order chi connectivity index (χ1) is 11.1. The van der Waals surface area contributed by atoms with E-state index in [9.17, 15) is 9.90 Å². The lowest BCUT2D eigenvalue weighted by atomic mass is 9.94. The van der Waals surface area contributed by atoms with Gasteiger partial charge in [0.2, 0.25) is 5.43 Å². The molecule has 4 heteroatoms. The van der Waals surface area contributed by atoms with Crippen LogP contribution < -0.4 is 5.43 Å². The molecule has 4 nitrogen and oxygen atoms in total. The SMILES string of the molecule is Cc1cc(=O)c(O)c(CN2CCCCC2C)n1C1CCCCC1. The van der Waals surface area contributed by atoms with Crippen LogP contribution in [0.25, 0.3) is 0 Å². The molecular weight excluding hydrogens is 288 g/mol. The van der Waals surface area contributed by atoms with Crippen molar-refractivity contribution in [3.05, 3.63) is 27.7 Å². The largest absolute Gasteiger partial charge is 0.503 e. The number of aryl methyl sites for hydroxylation is 1. The van der Waals surface area contributed by atoms with Crippen LogP contribution in [0, 0.1) is 6.92 Å². The van der Waals surface area contributed by atoms with Crippen LogP contribution in [0.3, 0.4) is 0 Å². The van der Waals surface area contributed by atoms with E-state index < -0.39 is 0 Å². The average Bonchev–Trinajstić information content (AvgIpc) is 2.55. The molecule has 1 aromatic heterocycles. The Balaban J connectivity index is 1.97. The topological polar surface area (TPSA) is 45.5 Å². The van der Waals surface area contributed by atoms with E-state index >= 15 is 0 Å². The van der Waals surface area contributed by atoms with Gasteiger partial charge in [-0.1, -0.05) is 25.7 Å². The molecule has 1 N–H and O–H groups in total. The van der Waals surface area contributed by atoms with Crippen LogP contribution in [0.4, 0.5) is 0 Å². The minimum Gasteiger partial charge on any atom is -0.503 e. The molecule has 2 aliphatic rings. The lowest BCUT2D eigenvalue weighted by Crippen LogP contribution is -2.38. The Kier molecular flexibility index (Phi) is 5.10. The third-order valence-electron chi connectivity index (χ3n) is 5.75. The summed E-state index contributed by atoms with van der Waals surface area (Å²) in [4.78, 5) is 14.6. The first kappa shape index (κ1) is 16.6. The maximum absolute atomic E-state index is 12.1. The van der Waals surface area contributed by atoms with Crippen molar-refractivity contribution < 1.29 is 5.11 Å². The monoisotopic (exact) mass is 318 g/mol. The van der Waals surface area contributed by atoms with E-state index in [0.29, 0.717) is 18.6 Å². The van der Waals surface area contributed by atoms with Crippen molar-refractivity contribution in [1.82, 2.24) is 9.47 Å². The number of pyridine rings is 1. The van der Waals surface area contributed by atoms with Gasteiger partial charge >= 0.3 is 0 Å². The molecule has 0 spiro atoms. The van der Waals surface area contributed by atoms with E-state index in [0.717, 1.165) is 30.8 Å². The lowest BCUT2D eigenvalue weighted by molar-refractivity contribution is 0.144. The summed E-state index contributed by atoms with van der Waals surface area (Å²) < 4.78 is 2.28. The molecule has 1 saturated heterocycles. The van der Waals surface area contributed by atoms with Gasteiger partial charge in [-0.15, -0.1) is 0 Å². The lowest BCUT2D eigenvalue weighted by Gasteiger charge is -2.36. The fourth-order valence-corrected chi connectivity index (χ4v) is 4.38. The highest BCUT2D eigenvalue weighted by Gasteiger charge is 2.25. The van der Waals surface area contributed by atoms with Gasteiger partial charge in [-0.05, 0) is 46.1 Å². The molecule has 1 aliphatic heterocycles. The third-order valence-corrected chi connectivity index (χ3v) is 5.75. The smallest absolute Gasteiger partial charge is 0.223 e. The van der Waals surface area contributed by atoms with Crippen molar-refractivity contribution in [1.29, 1.82) is 0 Å². The molecule has 0 aromatic carbocycles. The van der Waals surface area contributed by atoms with Crippen LogP contribution in [0.5, 0.6) is 5.75 Å². The molecule has 3 rings (SSSR count). The number of likely N-dealkylation sites (tertiary alicyclic amines) is 1. The Labute approximate surface area is 139 Å². The molecule has 1 aliphatic carbocycles. The standard InChI is InChI=1S/C19H30N2O2/c1-14-8-6-7-11-20(14)13-17-19(23)18(22)12-15(2)21(17)16-9-4-3-5-10-16/h12,14,16,23H,3-11,13H2,1-2H3. The van der Waals surface area contributed by atoms with E-state index in [4.69, 9.17) is 0 Å². The van der Waals surface area contributed by atoms with Gasteiger partial charge in [0.25, 0.3) is 0 Å². The highest BCUT2D eigenvalue weighted by molar-refractivity contribution is 5.30. The predicted octanol–water partition coefficient (Wildman–Crippen LogP) is 3.74. The van der Waals surface area contributed by atoms with Gasteiger partial charge in [0, 0.05) is 30.4 Å². The Bertz CT molecular complexity index is 602. The van der Waals surface area contributed by atoms with Gasteiger partial charge in [-0.3, -0.25) is 9.69 Å². The number of nitrogens with zero attached hydrogens (tertiary/aromatic N) is 2. The molecule has 0 amide bonds. The molecule has 2 fully saturated rings. The predicted molar refractivity (Wildman–Crippen MR) is 92.9 cm³/mol. The maximum Gasteiger partial charge on any atom is 0.223 e. The molecule has 1 atom stereocenters. The van der Waals surface area contributed by atoms with Crippen molar-refractivity contribution in [2.24, 2.45) is 0 Å². The van der Waals surface area contributed by atoms with E-state index in [1.165, 1.54) is 38.5 Å². The summed E-state index contributed by atoms with van der Waals surface area (Å²) in [5, 5.41) is 10.5. The van der Waals surface area contributed by atoms with Gasteiger partial charge in [0.05, 0.1) is 5.69 Å². The fourth-order valence-electron chi connectivity index (χ4n) is 4.38. The van der Waals surface area contributed by atoms with Crippen LogP contribution in [0.2, 0.25) is 0 Å². The minimum atomic E-state index is -0.228. The number of hydrogen-bond donors (Lipinski definition) is 1. The van der Waals surface area contributed by atoms with Crippen LogP contribution in [0.1, 0.15) is 75.7 Å². The molecule has 1 saturated carbocycles. The van der Waals surface area contributed by atoms with Crippen molar-refractivity contribution >= 4 is 0 Å². The van der Waals surface area contributed by atoms with Crippen molar-refractivity contribution in [2.45, 2.75) is 83.8 Å². The van der Waals surface area contributed by atoms with Gasteiger partial charge in [-0.2, -0.15) is 0 Å². The quantitative estimate of drug-likeness (QED) is 0.923. The molecule has 2 heterocycles. The third kappa shape index (κ3) is 3.47. The number of hydrogen-bond acceptors (Lipinski definition) is 3. The molecule has 0 radical (unpaired) electrons. The van der Waals surface area contributed by atoms with E-state index in [2.05, 4.69) is 16.4 Å². The maximum atomic E-state index is 12.1. The summed E-state index contributed by atoms with van der Waals surface area (Å²) in [6.45, 7) is 6.03. The average molecular weight is 318 g/mol. The molecule has 128 valence electrons. The fraction of sp³-hybridized carbons (Fsp3) is 0.737.